The van der Waals surface area contributed by atoms with Crippen LogP contribution in [0, 0.1) is 0 Å². The standard InChI is InChI=1S/C14H14N2O4/c1-19-12-5-2-8(6-13(12)20-9-3-4-9)10-7-11(14(17)18)16-15-10/h2,5-7,9H,3-4H2,1H3,(H,15,16)(H,17,18). The Morgan fingerprint density at radius 1 is 1.35 bits per heavy atom. The predicted octanol–water partition coefficient (Wildman–Crippen LogP) is 2.32. The lowest BCUT2D eigenvalue weighted by Gasteiger charge is -2.10. The molecule has 0 aliphatic heterocycles. The molecule has 0 radical (unpaired) electrons. The average Bonchev–Trinajstić information content (AvgIpc) is 3.11. The number of methoxy groups -OCH3 is 1. The van der Waals surface area contributed by atoms with Gasteiger partial charge in [-0.1, -0.05) is 0 Å². The molecule has 1 aliphatic carbocycles. The first-order chi connectivity index (χ1) is 9.67. The normalized spacial score (nSPS) is 14.1. The topological polar surface area (TPSA) is 84.4 Å². The van der Waals surface area contributed by atoms with Gasteiger partial charge in [-0.05, 0) is 37.1 Å². The summed E-state index contributed by atoms with van der Waals surface area (Å²) in [6.07, 6.45) is 2.37. The SMILES string of the molecule is COc1ccc(-c2cc(C(=O)O)[nH]n2)cc1OC1CC1. The molecule has 20 heavy (non-hydrogen) atoms. The van der Waals surface area contributed by atoms with Crippen molar-refractivity contribution in [2.45, 2.75) is 18.9 Å². The number of benzene rings is 1. The average molecular weight is 274 g/mol. The van der Waals surface area contributed by atoms with Crippen molar-refractivity contribution in [3.8, 4) is 22.8 Å². The summed E-state index contributed by atoms with van der Waals surface area (Å²) in [5.41, 5.74) is 1.40. The third-order valence-electron chi connectivity index (χ3n) is 3.09. The van der Waals surface area contributed by atoms with Crippen LogP contribution in [0.25, 0.3) is 11.3 Å². The van der Waals surface area contributed by atoms with Gasteiger partial charge in [0.25, 0.3) is 0 Å². The number of H-pyrrole nitrogens is 1. The monoisotopic (exact) mass is 274 g/mol. The Kier molecular flexibility index (Phi) is 3.06. The highest BCUT2D eigenvalue weighted by molar-refractivity contribution is 5.86. The van der Waals surface area contributed by atoms with Crippen molar-refractivity contribution in [3.63, 3.8) is 0 Å². The molecule has 2 aromatic rings. The van der Waals surface area contributed by atoms with Gasteiger partial charge in [-0.2, -0.15) is 5.10 Å². The van der Waals surface area contributed by atoms with Crippen LogP contribution in [0.1, 0.15) is 23.3 Å². The molecule has 0 amide bonds. The van der Waals surface area contributed by atoms with Crippen LogP contribution in [0.5, 0.6) is 11.5 Å². The summed E-state index contributed by atoms with van der Waals surface area (Å²) < 4.78 is 11.0. The zero-order valence-corrected chi connectivity index (χ0v) is 10.9. The van der Waals surface area contributed by atoms with E-state index in [4.69, 9.17) is 14.6 Å². The van der Waals surface area contributed by atoms with E-state index in [-0.39, 0.29) is 11.8 Å². The van der Waals surface area contributed by atoms with Crippen LogP contribution < -0.4 is 9.47 Å². The lowest BCUT2D eigenvalue weighted by atomic mass is 10.1. The Hall–Kier alpha value is -2.50. The van der Waals surface area contributed by atoms with E-state index in [0.29, 0.717) is 17.2 Å². The molecule has 6 heteroatoms. The number of carboxylic acids is 1. The van der Waals surface area contributed by atoms with Gasteiger partial charge in [0.15, 0.2) is 11.5 Å². The summed E-state index contributed by atoms with van der Waals surface area (Å²) in [4.78, 5) is 10.9. The minimum absolute atomic E-state index is 0.0560. The molecule has 1 aromatic carbocycles. The number of nitrogens with zero attached hydrogens (tertiary/aromatic N) is 1. The lowest BCUT2D eigenvalue weighted by molar-refractivity contribution is 0.0690. The van der Waals surface area contributed by atoms with E-state index in [1.807, 2.05) is 12.1 Å². The molecule has 0 atom stereocenters. The number of nitrogens with one attached hydrogen (secondary N) is 1. The number of hydrogen-bond donors (Lipinski definition) is 2. The molecule has 0 unspecified atom stereocenters. The molecule has 104 valence electrons. The van der Waals surface area contributed by atoms with Crippen molar-refractivity contribution >= 4 is 5.97 Å². The highest BCUT2D eigenvalue weighted by atomic mass is 16.5. The number of hydrogen-bond acceptors (Lipinski definition) is 4. The Balaban J connectivity index is 1.93. The van der Waals surface area contributed by atoms with Crippen molar-refractivity contribution in [3.05, 3.63) is 30.0 Å². The molecule has 6 nitrogen and oxygen atoms in total. The van der Waals surface area contributed by atoms with E-state index < -0.39 is 5.97 Å². The van der Waals surface area contributed by atoms with Gasteiger partial charge < -0.3 is 14.6 Å². The fourth-order valence-electron chi connectivity index (χ4n) is 1.87. The molecule has 1 saturated carbocycles. The number of aromatic amines is 1. The van der Waals surface area contributed by atoms with E-state index in [9.17, 15) is 4.79 Å². The maximum absolute atomic E-state index is 10.9. The number of rotatable bonds is 5. The summed E-state index contributed by atoms with van der Waals surface area (Å²) in [5.74, 6) is 0.286. The first-order valence-electron chi connectivity index (χ1n) is 6.31. The molecule has 0 bridgehead atoms. The van der Waals surface area contributed by atoms with E-state index in [2.05, 4.69) is 10.2 Å². The highest BCUT2D eigenvalue weighted by Gasteiger charge is 2.25. The Labute approximate surface area is 115 Å². The summed E-state index contributed by atoms with van der Waals surface area (Å²) in [6.45, 7) is 0. The molecule has 1 heterocycles. The minimum atomic E-state index is -1.04. The van der Waals surface area contributed by atoms with E-state index in [1.165, 1.54) is 6.07 Å². The first kappa shape index (κ1) is 12.5. The van der Waals surface area contributed by atoms with E-state index >= 15 is 0 Å². The maximum Gasteiger partial charge on any atom is 0.353 e. The third-order valence-corrected chi connectivity index (χ3v) is 3.09. The third kappa shape index (κ3) is 2.45. The van der Waals surface area contributed by atoms with Crippen molar-refractivity contribution in [1.29, 1.82) is 0 Å². The van der Waals surface area contributed by atoms with Gasteiger partial charge in [0.2, 0.25) is 0 Å². The van der Waals surface area contributed by atoms with Gasteiger partial charge in [-0.25, -0.2) is 4.79 Å². The van der Waals surface area contributed by atoms with Crippen LogP contribution in [0.4, 0.5) is 0 Å². The predicted molar refractivity (Wildman–Crippen MR) is 71.2 cm³/mol. The Morgan fingerprint density at radius 3 is 2.75 bits per heavy atom. The van der Waals surface area contributed by atoms with Crippen molar-refractivity contribution < 1.29 is 19.4 Å². The van der Waals surface area contributed by atoms with Gasteiger partial charge in [0.05, 0.1) is 18.9 Å². The molecule has 1 aliphatic rings. The van der Waals surface area contributed by atoms with Crippen molar-refractivity contribution in [2.24, 2.45) is 0 Å². The lowest BCUT2D eigenvalue weighted by Crippen LogP contribution is -1.98. The van der Waals surface area contributed by atoms with Crippen LogP contribution in [-0.4, -0.2) is 34.5 Å². The summed E-state index contributed by atoms with van der Waals surface area (Å²) in [5, 5.41) is 15.4. The molecule has 3 rings (SSSR count). The second-order valence-corrected chi connectivity index (χ2v) is 4.65. The number of carbonyl (C=O) groups is 1. The molecule has 2 N–H and O–H groups in total. The number of ether oxygens (including phenoxy) is 2. The Morgan fingerprint density at radius 2 is 2.15 bits per heavy atom. The van der Waals surface area contributed by atoms with Gasteiger partial charge in [-0.15, -0.1) is 0 Å². The zero-order chi connectivity index (χ0) is 14.1. The number of aromatic carboxylic acids is 1. The van der Waals surface area contributed by atoms with Gasteiger partial charge >= 0.3 is 5.97 Å². The summed E-state index contributed by atoms with van der Waals surface area (Å²) in [7, 11) is 1.59. The summed E-state index contributed by atoms with van der Waals surface area (Å²) >= 11 is 0. The molecule has 1 fully saturated rings. The fraction of sp³-hybridized carbons (Fsp3) is 0.286. The number of carboxylic acid groups (broad SMARTS) is 1. The van der Waals surface area contributed by atoms with E-state index in [0.717, 1.165) is 18.4 Å². The van der Waals surface area contributed by atoms with Gasteiger partial charge in [-0.3, -0.25) is 5.10 Å². The second-order valence-electron chi connectivity index (χ2n) is 4.65. The molecular weight excluding hydrogens is 260 g/mol. The van der Waals surface area contributed by atoms with Crippen molar-refractivity contribution in [2.75, 3.05) is 7.11 Å². The molecule has 0 saturated heterocycles. The Bertz CT molecular complexity index is 646. The van der Waals surface area contributed by atoms with Gasteiger partial charge in [0, 0.05) is 5.56 Å². The molecule has 1 aromatic heterocycles. The second kappa shape index (κ2) is 4.88. The number of aromatic nitrogens is 2. The molecular formula is C14H14N2O4. The van der Waals surface area contributed by atoms with Crippen LogP contribution in [0.2, 0.25) is 0 Å². The highest BCUT2D eigenvalue weighted by Crippen LogP contribution is 2.36. The van der Waals surface area contributed by atoms with Crippen LogP contribution >= 0.6 is 0 Å². The van der Waals surface area contributed by atoms with Crippen molar-refractivity contribution in [1.82, 2.24) is 10.2 Å². The molecule has 0 spiro atoms. The van der Waals surface area contributed by atoms with Crippen LogP contribution in [0.15, 0.2) is 24.3 Å². The first-order valence-corrected chi connectivity index (χ1v) is 6.31. The van der Waals surface area contributed by atoms with Crippen LogP contribution in [0.3, 0.4) is 0 Å². The van der Waals surface area contributed by atoms with E-state index in [1.54, 1.807) is 13.2 Å². The maximum atomic E-state index is 10.9. The quantitative estimate of drug-likeness (QED) is 0.874. The fourth-order valence-corrected chi connectivity index (χ4v) is 1.87. The van der Waals surface area contributed by atoms with Gasteiger partial charge in [0.1, 0.15) is 5.69 Å². The largest absolute Gasteiger partial charge is 0.493 e. The minimum Gasteiger partial charge on any atom is -0.493 e. The zero-order valence-electron chi connectivity index (χ0n) is 10.9. The van der Waals surface area contributed by atoms with Crippen LogP contribution in [-0.2, 0) is 0 Å². The summed E-state index contributed by atoms with van der Waals surface area (Å²) in [6, 6.07) is 6.92. The smallest absolute Gasteiger partial charge is 0.353 e.